The maximum Gasteiger partial charge on any atom is 0.251 e. The van der Waals surface area contributed by atoms with Gasteiger partial charge < -0.3 is 15.0 Å². The van der Waals surface area contributed by atoms with Crippen molar-refractivity contribution in [2.75, 3.05) is 6.54 Å². The summed E-state index contributed by atoms with van der Waals surface area (Å²) in [4.78, 5) is 12.4. The van der Waals surface area contributed by atoms with Crippen molar-refractivity contribution in [1.29, 1.82) is 0 Å². The Bertz CT molecular complexity index is 1070. The number of aryl methyl sites for hydroxylation is 1. The summed E-state index contributed by atoms with van der Waals surface area (Å²) in [6.45, 7) is 0.166. The molecule has 0 fully saturated rings. The lowest BCUT2D eigenvalue weighted by Crippen LogP contribution is -2.28. The first kappa shape index (κ1) is 17.5. The molecule has 4 aromatic rings. The van der Waals surface area contributed by atoms with Gasteiger partial charge in [0.05, 0.1) is 6.10 Å². The molecule has 2 aromatic heterocycles. The van der Waals surface area contributed by atoms with Crippen LogP contribution in [0.3, 0.4) is 0 Å². The topological polar surface area (TPSA) is 54.3 Å². The van der Waals surface area contributed by atoms with Gasteiger partial charge in [-0.15, -0.1) is 0 Å². The van der Waals surface area contributed by atoms with Gasteiger partial charge in [0.25, 0.3) is 5.91 Å². The smallest absolute Gasteiger partial charge is 0.251 e. The van der Waals surface area contributed by atoms with Gasteiger partial charge >= 0.3 is 0 Å². The fourth-order valence-corrected chi connectivity index (χ4v) is 3.95. The molecule has 0 radical (unpaired) electrons. The first-order valence-electron chi connectivity index (χ1n) is 8.76. The number of thiophene rings is 1. The van der Waals surface area contributed by atoms with Crippen LogP contribution in [0.4, 0.5) is 0 Å². The summed E-state index contributed by atoms with van der Waals surface area (Å²) >= 11 is 1.65. The molecule has 0 saturated carbocycles. The van der Waals surface area contributed by atoms with E-state index < -0.39 is 6.10 Å². The fourth-order valence-electron chi connectivity index (χ4n) is 3.28. The number of nitrogens with zero attached hydrogens (tertiary/aromatic N) is 1. The van der Waals surface area contributed by atoms with Crippen LogP contribution in [0.2, 0.25) is 0 Å². The van der Waals surface area contributed by atoms with E-state index in [1.807, 2.05) is 71.7 Å². The van der Waals surface area contributed by atoms with Crippen molar-refractivity contribution in [3.8, 4) is 11.1 Å². The van der Waals surface area contributed by atoms with Gasteiger partial charge in [0, 0.05) is 41.8 Å². The number of aliphatic hydroxyl groups excluding tert-OH is 1. The Hall–Kier alpha value is -2.89. The minimum absolute atomic E-state index is 0.166. The monoisotopic (exact) mass is 376 g/mol. The molecule has 2 N–H and O–H groups in total. The van der Waals surface area contributed by atoms with Crippen LogP contribution in [0.1, 0.15) is 22.0 Å². The fraction of sp³-hybridized carbons (Fsp3) is 0.136. The molecule has 5 heteroatoms. The van der Waals surface area contributed by atoms with Gasteiger partial charge in [-0.1, -0.05) is 30.3 Å². The highest BCUT2D eigenvalue weighted by Gasteiger charge is 2.16. The second kappa shape index (κ2) is 7.39. The van der Waals surface area contributed by atoms with Crippen LogP contribution in [-0.4, -0.2) is 22.1 Å². The van der Waals surface area contributed by atoms with Crippen molar-refractivity contribution in [2.45, 2.75) is 6.10 Å². The molecule has 0 aliphatic rings. The van der Waals surface area contributed by atoms with Crippen LogP contribution in [-0.2, 0) is 7.05 Å². The highest BCUT2D eigenvalue weighted by atomic mass is 32.1. The molecule has 4 rings (SSSR count). The lowest BCUT2D eigenvalue weighted by atomic mass is 10.1. The van der Waals surface area contributed by atoms with Crippen molar-refractivity contribution < 1.29 is 9.90 Å². The van der Waals surface area contributed by atoms with E-state index >= 15 is 0 Å². The summed E-state index contributed by atoms with van der Waals surface area (Å²) < 4.78 is 1.98. The number of para-hydroxylation sites is 1. The summed E-state index contributed by atoms with van der Waals surface area (Å²) in [6.07, 6.45) is 1.15. The predicted octanol–water partition coefficient (Wildman–Crippen LogP) is 4.37. The quantitative estimate of drug-likeness (QED) is 0.543. The number of nitrogens with one attached hydrogen (secondary N) is 1. The highest BCUT2D eigenvalue weighted by Crippen LogP contribution is 2.26. The van der Waals surface area contributed by atoms with E-state index in [-0.39, 0.29) is 12.5 Å². The average molecular weight is 376 g/mol. The highest BCUT2D eigenvalue weighted by molar-refractivity contribution is 7.08. The number of fused-ring (bicyclic) bond motifs is 1. The molecule has 1 amide bonds. The van der Waals surface area contributed by atoms with Crippen molar-refractivity contribution in [1.82, 2.24) is 9.88 Å². The summed E-state index contributed by atoms with van der Waals surface area (Å²) in [5.41, 5.74) is 4.70. The van der Waals surface area contributed by atoms with E-state index in [0.717, 1.165) is 27.6 Å². The number of hydrogen-bond donors (Lipinski definition) is 2. The van der Waals surface area contributed by atoms with E-state index in [2.05, 4.69) is 16.8 Å². The molecule has 0 aliphatic carbocycles. The van der Waals surface area contributed by atoms with Gasteiger partial charge in [-0.05, 0) is 46.2 Å². The van der Waals surface area contributed by atoms with Crippen molar-refractivity contribution in [2.24, 2.45) is 7.05 Å². The summed E-state index contributed by atoms with van der Waals surface area (Å²) in [5.74, 6) is -0.189. The number of amides is 1. The zero-order chi connectivity index (χ0) is 18.8. The van der Waals surface area contributed by atoms with E-state index in [1.54, 1.807) is 11.3 Å². The van der Waals surface area contributed by atoms with Crippen molar-refractivity contribution in [3.63, 3.8) is 0 Å². The minimum Gasteiger partial charge on any atom is -0.386 e. The third kappa shape index (κ3) is 3.52. The Morgan fingerprint density at radius 1 is 1.11 bits per heavy atom. The molecule has 27 heavy (non-hydrogen) atoms. The molecule has 2 heterocycles. The zero-order valence-electron chi connectivity index (χ0n) is 14.9. The molecule has 2 aromatic carbocycles. The Kier molecular flexibility index (Phi) is 4.79. The average Bonchev–Trinajstić information content (AvgIpc) is 3.35. The van der Waals surface area contributed by atoms with Crippen molar-refractivity contribution >= 4 is 28.1 Å². The Labute approximate surface area is 161 Å². The first-order valence-corrected chi connectivity index (χ1v) is 9.70. The number of aromatic nitrogens is 1. The lowest BCUT2D eigenvalue weighted by Gasteiger charge is -2.12. The van der Waals surface area contributed by atoms with E-state index in [1.165, 1.54) is 0 Å². The molecular formula is C22H20N2O2S. The molecule has 136 valence electrons. The lowest BCUT2D eigenvalue weighted by molar-refractivity contribution is 0.0917. The number of rotatable bonds is 5. The number of aliphatic hydroxyl groups is 1. The zero-order valence-corrected chi connectivity index (χ0v) is 15.7. The maximum atomic E-state index is 12.4. The molecule has 1 unspecified atom stereocenters. The van der Waals surface area contributed by atoms with E-state index in [9.17, 15) is 9.90 Å². The second-order valence-corrected chi connectivity index (χ2v) is 7.31. The maximum absolute atomic E-state index is 12.4. The Morgan fingerprint density at radius 2 is 1.89 bits per heavy atom. The Morgan fingerprint density at radius 3 is 2.63 bits per heavy atom. The normalized spacial score (nSPS) is 12.2. The molecule has 0 spiro atoms. The molecule has 0 saturated heterocycles. The molecular weight excluding hydrogens is 356 g/mol. The molecule has 4 nitrogen and oxygen atoms in total. The number of carbonyl (C=O) groups excluding carboxylic acids is 1. The SMILES string of the molecule is Cn1cc(C(O)CNC(=O)c2ccc(-c3ccsc3)cc2)c2ccccc21. The molecule has 0 aliphatic heterocycles. The predicted molar refractivity (Wildman–Crippen MR) is 110 cm³/mol. The van der Waals surface area contributed by atoms with E-state index in [4.69, 9.17) is 0 Å². The van der Waals surface area contributed by atoms with Crippen molar-refractivity contribution in [3.05, 3.63) is 82.7 Å². The standard InChI is InChI=1S/C22H20N2O2S/c1-24-13-19(18-4-2-3-5-20(18)24)21(25)12-23-22(26)16-8-6-15(7-9-16)17-10-11-27-14-17/h2-11,13-14,21,25H,12H2,1H3,(H,23,26). The van der Waals surface area contributed by atoms with Crippen LogP contribution < -0.4 is 5.32 Å². The summed E-state index contributed by atoms with van der Waals surface area (Å²) in [7, 11) is 1.95. The number of benzene rings is 2. The van der Waals surface area contributed by atoms with Crippen LogP contribution in [0, 0.1) is 0 Å². The third-order valence-electron chi connectivity index (χ3n) is 4.74. The molecule has 1 atom stereocenters. The third-order valence-corrected chi connectivity index (χ3v) is 5.43. The van der Waals surface area contributed by atoms with Gasteiger partial charge in [0.15, 0.2) is 0 Å². The van der Waals surface area contributed by atoms with Gasteiger partial charge in [-0.25, -0.2) is 0 Å². The number of carbonyl (C=O) groups is 1. The van der Waals surface area contributed by atoms with Crippen LogP contribution in [0.5, 0.6) is 0 Å². The van der Waals surface area contributed by atoms with Crippen LogP contribution in [0.15, 0.2) is 71.6 Å². The van der Waals surface area contributed by atoms with Gasteiger partial charge in [-0.3, -0.25) is 4.79 Å². The van der Waals surface area contributed by atoms with Crippen LogP contribution >= 0.6 is 11.3 Å². The number of hydrogen-bond acceptors (Lipinski definition) is 3. The minimum atomic E-state index is -0.759. The largest absolute Gasteiger partial charge is 0.386 e. The van der Waals surface area contributed by atoms with Gasteiger partial charge in [-0.2, -0.15) is 11.3 Å². The van der Waals surface area contributed by atoms with Crippen LogP contribution in [0.25, 0.3) is 22.0 Å². The van der Waals surface area contributed by atoms with Gasteiger partial charge in [0.1, 0.15) is 0 Å². The van der Waals surface area contributed by atoms with E-state index in [0.29, 0.717) is 5.56 Å². The summed E-state index contributed by atoms with van der Waals surface area (Å²) in [6, 6.07) is 17.5. The summed E-state index contributed by atoms with van der Waals surface area (Å²) in [5, 5.41) is 18.5. The first-order chi connectivity index (χ1) is 13.1. The van der Waals surface area contributed by atoms with Gasteiger partial charge in [0.2, 0.25) is 0 Å². The Balaban J connectivity index is 1.44. The second-order valence-electron chi connectivity index (χ2n) is 6.53. The molecule has 0 bridgehead atoms.